The molecular formula is C51H38FeN7O. The van der Waals surface area contributed by atoms with E-state index in [1.165, 1.54) is 5.69 Å². The van der Waals surface area contributed by atoms with Crippen LogP contribution in [-0.2, 0) is 17.1 Å². The van der Waals surface area contributed by atoms with Crippen molar-refractivity contribution in [2.24, 2.45) is 0 Å². The number of aromatic nitrogens is 5. The number of hydrogen-bond acceptors (Lipinski definition) is 3. The Labute approximate surface area is 361 Å². The first-order chi connectivity index (χ1) is 29.1. The molecule has 0 spiro atoms. The van der Waals surface area contributed by atoms with Gasteiger partial charge in [-0.25, -0.2) is 0 Å². The molecule has 9 aromatic rings. The summed E-state index contributed by atoms with van der Waals surface area (Å²) in [4.78, 5) is 34.4. The van der Waals surface area contributed by atoms with Gasteiger partial charge in [0.2, 0.25) is 0 Å². The molecule has 1 radical (unpaired) electrons. The summed E-state index contributed by atoms with van der Waals surface area (Å²) in [5, 5.41) is 0. The van der Waals surface area contributed by atoms with Gasteiger partial charge in [0.25, 0.3) is 0 Å². The minimum absolute atomic E-state index is 0. The Balaban J connectivity index is 0.000000401. The number of fused-ring (bicyclic) bond motifs is 8. The van der Waals surface area contributed by atoms with E-state index in [9.17, 15) is 0 Å². The van der Waals surface area contributed by atoms with Crippen molar-refractivity contribution in [1.82, 2.24) is 30.5 Å². The van der Waals surface area contributed by atoms with Crippen molar-refractivity contribution in [3.8, 4) is 0 Å². The van der Waals surface area contributed by atoms with Gasteiger partial charge in [0.15, 0.2) is 0 Å². The second-order valence-corrected chi connectivity index (χ2v) is 13.9. The van der Waals surface area contributed by atoms with Gasteiger partial charge in [-0.1, -0.05) is 0 Å². The van der Waals surface area contributed by atoms with E-state index >= 15 is 0 Å². The predicted molar refractivity (Wildman–Crippen MR) is 231 cm³/mol. The molecular weight excluding hydrogens is 782 g/mol. The summed E-state index contributed by atoms with van der Waals surface area (Å²) in [5.41, 5.74) is 18.0. The Morgan fingerprint density at radius 1 is 0.367 bits per heavy atom. The van der Waals surface area contributed by atoms with Crippen LogP contribution in [0, 0.1) is 28.6 Å². The fraction of sp³-hybridized carbons (Fsp3) is 0.0392. The molecule has 291 valence electrons. The van der Waals surface area contributed by atoms with Crippen molar-refractivity contribution in [3.05, 3.63) is 291 Å². The third-order valence-electron chi connectivity index (χ3n) is 10.0. The molecule has 0 aliphatic carbocycles. The van der Waals surface area contributed by atoms with Crippen molar-refractivity contribution in [2.45, 2.75) is 0 Å². The number of nitroso groups, excluding NO2 is 1. The molecule has 9 heteroatoms. The van der Waals surface area contributed by atoms with Gasteiger partial charge in [0.1, 0.15) is 5.59 Å². The van der Waals surface area contributed by atoms with Crippen LogP contribution in [0.5, 0.6) is 0 Å². The fourth-order valence-electron chi connectivity index (χ4n) is 7.33. The molecule has 10 rings (SSSR count). The summed E-state index contributed by atoms with van der Waals surface area (Å²) < 4.78 is 0. The van der Waals surface area contributed by atoms with Gasteiger partial charge >= 0.3 is 0 Å². The smallest absolute Gasteiger partial charge is 0.120 e. The van der Waals surface area contributed by atoms with Crippen molar-refractivity contribution >= 4 is 5.69 Å². The van der Waals surface area contributed by atoms with Gasteiger partial charge in [-0.15, -0.1) is 4.91 Å². The molecule has 0 atom stereocenters. The first-order valence-corrected chi connectivity index (χ1v) is 19.1. The van der Waals surface area contributed by atoms with Gasteiger partial charge in [-0.3, -0.25) is 4.98 Å². The van der Waals surface area contributed by atoms with Crippen molar-refractivity contribution in [3.63, 3.8) is 0 Å². The van der Waals surface area contributed by atoms with E-state index in [1.807, 2.05) is 55.4 Å². The zero-order chi connectivity index (χ0) is 40.6. The molecule has 60 heavy (non-hydrogen) atoms. The van der Waals surface area contributed by atoms with Gasteiger partial charge in [-0.05, 0) is 130 Å². The molecule has 5 aromatic heterocycles. The van der Waals surface area contributed by atoms with Crippen molar-refractivity contribution in [1.29, 1.82) is 0 Å². The molecule has 4 aromatic carbocycles. The van der Waals surface area contributed by atoms with Crippen molar-refractivity contribution in [2.75, 3.05) is 19.0 Å². The van der Waals surface area contributed by atoms with Crippen LogP contribution in [0.3, 0.4) is 0 Å². The van der Waals surface area contributed by atoms with E-state index in [0.29, 0.717) is 0 Å². The molecule has 0 saturated carbocycles. The number of pyridine rings is 1. The molecule has 0 unspecified atom stereocenters. The molecule has 1 aliphatic heterocycles. The maximum absolute atomic E-state index is 7.25. The third kappa shape index (κ3) is 8.54. The molecule has 0 amide bonds. The molecule has 0 N–H and O–H groups in total. The summed E-state index contributed by atoms with van der Waals surface area (Å²) >= 11 is 0. The second-order valence-electron chi connectivity index (χ2n) is 13.9. The zero-order valence-corrected chi connectivity index (χ0v) is 34.0. The van der Waals surface area contributed by atoms with Crippen LogP contribution < -0.4 is 30.4 Å². The topological polar surface area (TPSA) is 112 Å². The summed E-state index contributed by atoms with van der Waals surface area (Å²) in [5.74, 6) is 3.91. The molecule has 1 aliphatic rings. The molecule has 8 nitrogen and oxygen atoms in total. The average Bonchev–Trinajstić information content (AvgIpc) is 4.15. The van der Waals surface area contributed by atoms with Gasteiger partial charge in [0, 0.05) is 170 Å². The number of anilines is 1. The quantitative estimate of drug-likeness (QED) is 0.126. The maximum atomic E-state index is 7.25. The number of benzene rings is 4. The first-order valence-electron chi connectivity index (χ1n) is 19.1. The van der Waals surface area contributed by atoms with Crippen LogP contribution in [0.4, 0.5) is 5.69 Å². The Kier molecular flexibility index (Phi) is 12.8. The SMILES string of the molecule is CN(C)c1ccncc1.[Fe].[N]=O.c1ccc([C+]2c3ccc([n-]3)[C+](c3ccccc3)c3ccc([n-]3)[C+](c3ccccc3)c3ccc([n-]3)[C+](c3ccccc3)c3ccc2[n-]3)cc1. The van der Waals surface area contributed by atoms with Gasteiger partial charge in [-0.2, -0.15) is 0 Å². The fourth-order valence-corrected chi connectivity index (χ4v) is 7.33. The van der Waals surface area contributed by atoms with Crippen LogP contribution >= 0.6 is 0 Å². The Morgan fingerprint density at radius 3 is 0.767 bits per heavy atom. The van der Waals surface area contributed by atoms with E-state index in [4.69, 9.17) is 30.4 Å². The number of hydrogen-bond donors (Lipinski definition) is 0. The zero-order valence-electron chi connectivity index (χ0n) is 32.9. The second kappa shape index (κ2) is 18.9. The van der Waals surface area contributed by atoms with E-state index in [1.54, 1.807) is 12.4 Å². The maximum Gasteiger partial charge on any atom is 0.120 e. The molecule has 0 saturated heterocycles. The average molecular weight is 821 g/mol. The number of rotatable bonds is 5. The minimum atomic E-state index is 0. The molecule has 8 bridgehead atoms. The minimum Gasteiger partial charge on any atom is -0.628 e. The summed E-state index contributed by atoms with van der Waals surface area (Å²) in [6.07, 6.45) is 3.57. The normalized spacial score (nSPS) is 11.7. The summed E-state index contributed by atoms with van der Waals surface area (Å²) in [7, 11) is 4.02. The molecule has 6 heterocycles. The van der Waals surface area contributed by atoms with Gasteiger partial charge < -0.3 is 24.8 Å². The Hall–Kier alpha value is -7.45. The Bertz CT molecular complexity index is 2250. The van der Waals surface area contributed by atoms with Gasteiger partial charge in [0.05, 0.1) is 22.3 Å². The van der Waals surface area contributed by atoms with Crippen molar-refractivity contribution < 1.29 is 17.1 Å². The molecule has 0 fully saturated rings. The number of nitrogens with zero attached hydrogens (tertiary/aromatic N) is 7. The predicted octanol–water partition coefficient (Wildman–Crippen LogP) is 8.60. The van der Waals surface area contributed by atoms with E-state index in [-0.39, 0.29) is 17.1 Å². The van der Waals surface area contributed by atoms with Crippen LogP contribution in [0.15, 0.2) is 194 Å². The largest absolute Gasteiger partial charge is 0.628 e. The third-order valence-corrected chi connectivity index (χ3v) is 10.0. The summed E-state index contributed by atoms with van der Waals surface area (Å²) in [6, 6.07) is 62.4. The van der Waals surface area contributed by atoms with Crippen LogP contribution in [0.1, 0.15) is 67.8 Å². The van der Waals surface area contributed by atoms with Crippen LogP contribution in [0.2, 0.25) is 0 Å². The first kappa shape index (κ1) is 40.7. The standard InChI is InChI=1S/C44H28N4.C7H10N2.Fe.NO/c1-5-13-29(14-6-1)41-33-21-23-35(45-33)42(30-15-7-2-8-16-30)37-25-27-39(47-37)44(32-19-11-4-12-20-32)40-28-26-38(48-40)43(31-17-9-3-10-18-31)36-24-22-34(41)46-36;1-9(2)7-3-5-8-6-4-7;;1-2/h1-28H;3-6H,1-2H3;;. The van der Waals surface area contributed by atoms with E-state index in [2.05, 4.69) is 151 Å². The van der Waals surface area contributed by atoms with E-state index < -0.39 is 0 Å². The van der Waals surface area contributed by atoms with E-state index in [0.717, 1.165) is 91.5 Å². The Morgan fingerprint density at radius 2 is 0.583 bits per heavy atom. The monoisotopic (exact) mass is 820 g/mol. The van der Waals surface area contributed by atoms with Crippen LogP contribution in [0.25, 0.3) is 0 Å². The van der Waals surface area contributed by atoms with Crippen LogP contribution in [-0.4, -0.2) is 19.1 Å². The summed E-state index contributed by atoms with van der Waals surface area (Å²) in [6.45, 7) is 0.